The molecule has 0 rings (SSSR count). The predicted octanol–water partition coefficient (Wildman–Crippen LogP) is 2.70. The minimum atomic E-state index is -1.16. The fourth-order valence-electron chi connectivity index (χ4n) is 2.29. The molecular weight excluding hydrogens is 436 g/mol. The van der Waals surface area contributed by atoms with Crippen LogP contribution in [0.5, 0.6) is 0 Å². The minimum Gasteiger partial charge on any atom is -0.452 e. The lowest BCUT2D eigenvalue weighted by atomic mass is 10.1. The van der Waals surface area contributed by atoms with Crippen molar-refractivity contribution in [3.63, 3.8) is 0 Å². The van der Waals surface area contributed by atoms with E-state index >= 15 is 0 Å². The van der Waals surface area contributed by atoms with Gasteiger partial charge in [0.15, 0.2) is 6.61 Å². The second kappa shape index (κ2) is 12.4. The van der Waals surface area contributed by atoms with Gasteiger partial charge in [0.25, 0.3) is 0 Å². The molecule has 0 aliphatic carbocycles. The van der Waals surface area contributed by atoms with E-state index in [0.29, 0.717) is 0 Å². The Morgan fingerprint density at radius 2 is 1.03 bits per heavy atom. The highest BCUT2D eigenvalue weighted by Crippen LogP contribution is 2.11. The molecule has 0 saturated heterocycles. The number of hydrogen-bond donors (Lipinski definition) is 2. The first kappa shape index (κ1) is 30.1. The van der Waals surface area contributed by atoms with Crippen molar-refractivity contribution in [2.75, 3.05) is 6.61 Å². The molecule has 0 aliphatic rings. The van der Waals surface area contributed by atoms with Crippen molar-refractivity contribution in [1.82, 2.24) is 10.6 Å². The first-order valence-corrected chi connectivity index (χ1v) is 10.7. The van der Waals surface area contributed by atoms with E-state index in [1.807, 2.05) is 0 Å². The number of esters is 3. The topological polar surface area (TPSA) is 146 Å². The quantitative estimate of drug-likeness (QED) is 0.308. The molecule has 0 aromatic heterocycles. The Hall–Kier alpha value is -2.85. The minimum absolute atomic E-state index is 0.369. The first-order chi connectivity index (χ1) is 14.8. The maximum Gasteiger partial charge on any atom is 0.408 e. The smallest absolute Gasteiger partial charge is 0.408 e. The van der Waals surface area contributed by atoms with E-state index in [9.17, 15) is 24.0 Å². The summed E-state index contributed by atoms with van der Waals surface area (Å²) in [6.45, 7) is 15.8. The van der Waals surface area contributed by atoms with Gasteiger partial charge in [-0.05, 0) is 53.4 Å². The van der Waals surface area contributed by atoms with E-state index in [1.165, 1.54) is 0 Å². The van der Waals surface area contributed by atoms with E-state index in [4.69, 9.17) is 18.9 Å². The molecule has 0 heterocycles. The van der Waals surface area contributed by atoms with Gasteiger partial charge in [-0.1, -0.05) is 27.7 Å². The Morgan fingerprint density at radius 1 is 0.667 bits per heavy atom. The van der Waals surface area contributed by atoms with Gasteiger partial charge in [-0.25, -0.2) is 24.0 Å². The van der Waals surface area contributed by atoms with Gasteiger partial charge in [0.05, 0.1) is 0 Å². The molecule has 0 aromatic rings. The Bertz CT molecular complexity index is 718. The van der Waals surface area contributed by atoms with Crippen molar-refractivity contribution in [2.45, 2.75) is 92.5 Å². The van der Waals surface area contributed by atoms with Crippen LogP contribution in [-0.4, -0.2) is 60.0 Å². The van der Waals surface area contributed by atoms with Gasteiger partial charge in [-0.2, -0.15) is 0 Å². The van der Waals surface area contributed by atoms with E-state index in [2.05, 4.69) is 10.6 Å². The van der Waals surface area contributed by atoms with Gasteiger partial charge in [-0.15, -0.1) is 0 Å². The Balaban J connectivity index is 4.90. The van der Waals surface area contributed by atoms with Crippen LogP contribution >= 0.6 is 0 Å². The maximum absolute atomic E-state index is 12.3. The van der Waals surface area contributed by atoms with E-state index < -0.39 is 65.9 Å². The van der Waals surface area contributed by atoms with E-state index in [-0.39, 0.29) is 5.92 Å². The Kier molecular flexibility index (Phi) is 11.3. The summed E-state index contributed by atoms with van der Waals surface area (Å²) in [6.07, 6.45) is -1.66. The second-order valence-electron chi connectivity index (χ2n) is 10.1. The molecule has 2 N–H and O–H groups in total. The number of carbonyl (C=O) groups excluding carboxylic acids is 5. The number of alkyl carbamates (subject to hydrolysis) is 2. The van der Waals surface area contributed by atoms with Crippen molar-refractivity contribution in [1.29, 1.82) is 0 Å². The third-order valence-electron chi connectivity index (χ3n) is 3.73. The van der Waals surface area contributed by atoms with Gasteiger partial charge >= 0.3 is 30.1 Å². The highest BCUT2D eigenvalue weighted by molar-refractivity contribution is 5.92. The van der Waals surface area contributed by atoms with Crippen LogP contribution in [-0.2, 0) is 33.3 Å². The zero-order valence-corrected chi connectivity index (χ0v) is 21.2. The molecule has 0 aromatic carbocycles. The van der Waals surface area contributed by atoms with Crippen molar-refractivity contribution in [2.24, 2.45) is 11.8 Å². The summed E-state index contributed by atoms with van der Waals surface area (Å²) < 4.78 is 19.8. The van der Waals surface area contributed by atoms with Crippen LogP contribution in [0.4, 0.5) is 9.59 Å². The summed E-state index contributed by atoms with van der Waals surface area (Å²) in [6, 6.07) is -2.24. The van der Waals surface area contributed by atoms with Gasteiger partial charge < -0.3 is 29.6 Å². The second-order valence-corrected chi connectivity index (χ2v) is 10.1. The molecule has 2 unspecified atom stereocenters. The zero-order chi connectivity index (χ0) is 26.1. The van der Waals surface area contributed by atoms with Crippen LogP contribution in [0.1, 0.15) is 69.2 Å². The largest absolute Gasteiger partial charge is 0.452 e. The molecule has 0 spiro atoms. The van der Waals surface area contributed by atoms with Crippen LogP contribution < -0.4 is 10.6 Å². The van der Waals surface area contributed by atoms with Gasteiger partial charge in [0.2, 0.25) is 0 Å². The van der Waals surface area contributed by atoms with Crippen LogP contribution in [0.25, 0.3) is 0 Å². The first-order valence-electron chi connectivity index (χ1n) is 10.7. The molecule has 11 nitrogen and oxygen atoms in total. The molecular formula is C22H38N2O9. The number of rotatable bonds is 8. The normalized spacial score (nSPS) is 13.6. The summed E-state index contributed by atoms with van der Waals surface area (Å²) in [5.41, 5.74) is -1.54. The average molecular weight is 475 g/mol. The van der Waals surface area contributed by atoms with Crippen LogP contribution in [0, 0.1) is 11.8 Å². The number of amides is 2. The molecule has 2 atom stereocenters. The molecule has 0 radical (unpaired) electrons. The summed E-state index contributed by atoms with van der Waals surface area (Å²) in [5, 5.41) is 4.75. The third kappa shape index (κ3) is 13.3. The van der Waals surface area contributed by atoms with Crippen molar-refractivity contribution in [3.05, 3.63) is 0 Å². The molecule has 33 heavy (non-hydrogen) atoms. The lowest BCUT2D eigenvalue weighted by molar-refractivity contribution is -0.169. The number of carbonyl (C=O) groups is 5. The fourth-order valence-corrected chi connectivity index (χ4v) is 2.29. The molecule has 0 bridgehead atoms. The molecule has 0 aliphatic heterocycles. The number of ether oxygens (including phenoxy) is 4. The SMILES string of the molecule is CC(C)C(NC(=O)OC(C)(C)C)C(=O)OCC(=O)OC(=O)C(NC(=O)OC(C)(C)C)C(C)C. The molecule has 0 fully saturated rings. The third-order valence-corrected chi connectivity index (χ3v) is 3.73. The van der Waals surface area contributed by atoms with Gasteiger partial charge in [0.1, 0.15) is 23.3 Å². The van der Waals surface area contributed by atoms with Crippen molar-refractivity contribution in [3.8, 4) is 0 Å². The van der Waals surface area contributed by atoms with Crippen LogP contribution in [0.3, 0.4) is 0 Å². The van der Waals surface area contributed by atoms with Crippen LogP contribution in [0.2, 0.25) is 0 Å². The standard InChI is InChI=1S/C22H38N2O9/c1-12(2)15(23-19(28)32-21(5,6)7)17(26)30-11-14(25)31-18(27)16(13(3)4)24-20(29)33-22(8,9)10/h12-13,15-16H,11H2,1-10H3,(H,23,28)(H,24,29). The van der Waals surface area contributed by atoms with Crippen LogP contribution in [0.15, 0.2) is 0 Å². The Morgan fingerprint density at radius 3 is 1.36 bits per heavy atom. The summed E-state index contributed by atoms with van der Waals surface area (Å²) in [5.74, 6) is -3.84. The maximum atomic E-state index is 12.3. The molecule has 11 heteroatoms. The van der Waals surface area contributed by atoms with Gasteiger partial charge in [0, 0.05) is 0 Å². The lowest BCUT2D eigenvalue weighted by Crippen LogP contribution is -2.48. The number of nitrogens with one attached hydrogen (secondary N) is 2. The summed E-state index contributed by atoms with van der Waals surface area (Å²) in [4.78, 5) is 60.6. The van der Waals surface area contributed by atoms with Crippen molar-refractivity contribution < 1.29 is 42.9 Å². The average Bonchev–Trinajstić information content (AvgIpc) is 2.58. The highest BCUT2D eigenvalue weighted by Gasteiger charge is 2.32. The Labute approximate surface area is 195 Å². The lowest BCUT2D eigenvalue weighted by Gasteiger charge is -2.25. The van der Waals surface area contributed by atoms with Gasteiger partial charge in [-0.3, -0.25) is 0 Å². The molecule has 190 valence electrons. The molecule has 2 amide bonds. The summed E-state index contributed by atoms with van der Waals surface area (Å²) >= 11 is 0. The van der Waals surface area contributed by atoms with Crippen molar-refractivity contribution >= 4 is 30.1 Å². The van der Waals surface area contributed by atoms with E-state index in [1.54, 1.807) is 69.2 Å². The highest BCUT2D eigenvalue weighted by atomic mass is 16.6. The zero-order valence-electron chi connectivity index (χ0n) is 21.2. The monoisotopic (exact) mass is 474 g/mol. The molecule has 0 saturated carbocycles. The van der Waals surface area contributed by atoms with E-state index in [0.717, 1.165) is 0 Å². The predicted molar refractivity (Wildman–Crippen MR) is 118 cm³/mol. The summed E-state index contributed by atoms with van der Waals surface area (Å²) in [7, 11) is 0. The fraction of sp³-hybridized carbons (Fsp3) is 0.773. The number of hydrogen-bond acceptors (Lipinski definition) is 9.